The van der Waals surface area contributed by atoms with Gasteiger partial charge in [-0.1, -0.05) is 127 Å². The van der Waals surface area contributed by atoms with Crippen LogP contribution in [0.5, 0.6) is 0 Å². The van der Waals surface area contributed by atoms with E-state index in [-0.39, 0.29) is 0 Å². The Morgan fingerprint density at radius 2 is 0.547 bits per heavy atom. The SMILES string of the molecule is c1ccc(-c2cc(-c3cccc(N(c4ccccc4)c4ccc5c(c4)oc4ccccc45)c3)cc(-c3cccc(N(c4ccccc4)c4ccc5c(c4)oc4ccccc45)c3)c2)cc1. The smallest absolute Gasteiger partial charge is 0.137 e. The highest BCUT2D eigenvalue weighted by molar-refractivity contribution is 6.07. The van der Waals surface area contributed by atoms with Gasteiger partial charge in [0.25, 0.3) is 0 Å². The number of nitrogens with zero attached hydrogens (tertiary/aromatic N) is 2. The molecule has 0 aliphatic rings. The Morgan fingerprint density at radius 1 is 0.203 bits per heavy atom. The summed E-state index contributed by atoms with van der Waals surface area (Å²) in [6.45, 7) is 0. The number of para-hydroxylation sites is 4. The van der Waals surface area contributed by atoms with E-state index >= 15 is 0 Å². The van der Waals surface area contributed by atoms with Gasteiger partial charge in [0.1, 0.15) is 22.3 Å². The lowest BCUT2D eigenvalue weighted by molar-refractivity contribution is 0.668. The van der Waals surface area contributed by atoms with Crippen LogP contribution in [0, 0.1) is 0 Å². The molecule has 302 valence electrons. The van der Waals surface area contributed by atoms with Crippen molar-refractivity contribution in [2.45, 2.75) is 0 Å². The quantitative estimate of drug-likeness (QED) is 0.145. The summed E-state index contributed by atoms with van der Waals surface area (Å²) >= 11 is 0. The maximum Gasteiger partial charge on any atom is 0.137 e. The molecule has 0 atom stereocenters. The van der Waals surface area contributed by atoms with E-state index in [9.17, 15) is 0 Å². The minimum Gasteiger partial charge on any atom is -0.456 e. The lowest BCUT2D eigenvalue weighted by Crippen LogP contribution is -2.09. The Morgan fingerprint density at radius 3 is 1.02 bits per heavy atom. The first-order chi connectivity index (χ1) is 31.7. The van der Waals surface area contributed by atoms with E-state index < -0.39 is 0 Å². The minimum atomic E-state index is 0.860. The van der Waals surface area contributed by atoms with Gasteiger partial charge in [-0.15, -0.1) is 0 Å². The number of furan rings is 2. The molecule has 0 bridgehead atoms. The van der Waals surface area contributed by atoms with Crippen LogP contribution in [-0.2, 0) is 0 Å². The molecule has 10 aromatic carbocycles. The monoisotopic (exact) mass is 820 g/mol. The lowest BCUT2D eigenvalue weighted by Gasteiger charge is -2.26. The molecule has 12 rings (SSSR count). The molecular weight excluding hydrogens is 781 g/mol. The Hall–Kier alpha value is -8.60. The number of rotatable bonds is 9. The first kappa shape index (κ1) is 37.2. The number of hydrogen-bond donors (Lipinski definition) is 0. The number of hydrogen-bond acceptors (Lipinski definition) is 4. The molecule has 4 nitrogen and oxygen atoms in total. The van der Waals surface area contributed by atoms with Gasteiger partial charge < -0.3 is 18.6 Å². The highest BCUT2D eigenvalue weighted by Crippen LogP contribution is 2.43. The lowest BCUT2D eigenvalue weighted by atomic mass is 9.93. The molecule has 0 saturated carbocycles. The highest BCUT2D eigenvalue weighted by atomic mass is 16.3. The third-order valence-corrected chi connectivity index (χ3v) is 12.2. The summed E-state index contributed by atoms with van der Waals surface area (Å²) in [6.07, 6.45) is 0. The van der Waals surface area contributed by atoms with Gasteiger partial charge in [0.05, 0.1) is 0 Å². The summed E-state index contributed by atoms with van der Waals surface area (Å²) in [5.74, 6) is 0. The first-order valence-corrected chi connectivity index (χ1v) is 21.6. The van der Waals surface area contributed by atoms with Crippen LogP contribution in [0.15, 0.2) is 251 Å². The topological polar surface area (TPSA) is 32.8 Å². The van der Waals surface area contributed by atoms with Crippen molar-refractivity contribution in [3.63, 3.8) is 0 Å². The number of fused-ring (bicyclic) bond motifs is 6. The van der Waals surface area contributed by atoms with Crippen molar-refractivity contribution >= 4 is 78.0 Å². The second kappa shape index (κ2) is 15.7. The van der Waals surface area contributed by atoms with E-state index in [4.69, 9.17) is 8.83 Å². The average Bonchev–Trinajstić information content (AvgIpc) is 3.93. The van der Waals surface area contributed by atoms with Crippen LogP contribution in [0.4, 0.5) is 34.1 Å². The fourth-order valence-electron chi connectivity index (χ4n) is 9.16. The number of anilines is 6. The molecule has 2 heterocycles. The summed E-state index contributed by atoms with van der Waals surface area (Å²) in [6, 6.07) is 85.9. The Labute approximate surface area is 371 Å². The Balaban J connectivity index is 0.979. The normalized spacial score (nSPS) is 11.4. The zero-order valence-corrected chi connectivity index (χ0v) is 34.8. The molecule has 64 heavy (non-hydrogen) atoms. The van der Waals surface area contributed by atoms with Crippen LogP contribution in [0.25, 0.3) is 77.3 Å². The maximum absolute atomic E-state index is 6.39. The van der Waals surface area contributed by atoms with E-state index in [1.54, 1.807) is 0 Å². The van der Waals surface area contributed by atoms with Crippen molar-refractivity contribution in [3.8, 4) is 33.4 Å². The van der Waals surface area contributed by atoms with Crippen molar-refractivity contribution in [1.82, 2.24) is 0 Å². The molecule has 0 radical (unpaired) electrons. The molecule has 12 aromatic rings. The fraction of sp³-hybridized carbons (Fsp3) is 0. The molecule has 0 aliphatic heterocycles. The van der Waals surface area contributed by atoms with E-state index in [1.165, 1.54) is 0 Å². The van der Waals surface area contributed by atoms with Gasteiger partial charge in [-0.25, -0.2) is 0 Å². The zero-order chi connectivity index (χ0) is 42.4. The second-order valence-corrected chi connectivity index (χ2v) is 16.2. The van der Waals surface area contributed by atoms with Gasteiger partial charge in [-0.3, -0.25) is 0 Å². The molecule has 0 spiro atoms. The van der Waals surface area contributed by atoms with E-state index in [0.29, 0.717) is 0 Å². The van der Waals surface area contributed by atoms with Crippen molar-refractivity contribution in [2.75, 3.05) is 9.80 Å². The fourth-order valence-corrected chi connectivity index (χ4v) is 9.16. The maximum atomic E-state index is 6.39. The number of benzene rings is 10. The van der Waals surface area contributed by atoms with Crippen molar-refractivity contribution in [3.05, 3.63) is 243 Å². The summed E-state index contributed by atoms with van der Waals surface area (Å²) in [4.78, 5) is 4.62. The van der Waals surface area contributed by atoms with Gasteiger partial charge in [0, 0.05) is 67.8 Å². The molecular formula is C60H40N2O2. The third kappa shape index (κ3) is 6.75. The largest absolute Gasteiger partial charge is 0.456 e. The third-order valence-electron chi connectivity index (χ3n) is 12.2. The first-order valence-electron chi connectivity index (χ1n) is 21.6. The standard InChI is InChI=1S/C60H40N2O2/c1-4-16-41(17-5-1)44-34-45(42-18-14-24-49(37-42)61(47-20-6-2-7-21-47)51-30-32-55-53-26-10-12-28-57(53)63-59(55)39-51)36-46(35-44)43-19-15-25-50(38-43)62(48-22-8-3-9-23-48)52-31-33-56-54-27-11-13-29-58(54)64-60(56)40-52/h1-40H. The molecule has 0 saturated heterocycles. The van der Waals surface area contributed by atoms with E-state index in [0.717, 1.165) is 111 Å². The van der Waals surface area contributed by atoms with Crippen LogP contribution in [0.1, 0.15) is 0 Å². The second-order valence-electron chi connectivity index (χ2n) is 16.2. The van der Waals surface area contributed by atoms with Gasteiger partial charge in [-0.05, 0) is 137 Å². The summed E-state index contributed by atoms with van der Waals surface area (Å²) in [5.41, 5.74) is 16.5. The average molecular weight is 821 g/mol. The van der Waals surface area contributed by atoms with Gasteiger partial charge >= 0.3 is 0 Å². The summed E-state index contributed by atoms with van der Waals surface area (Å²) < 4.78 is 12.8. The molecule has 0 fully saturated rings. The zero-order valence-electron chi connectivity index (χ0n) is 34.8. The Bertz CT molecular complexity index is 3410. The van der Waals surface area contributed by atoms with Gasteiger partial charge in [0.2, 0.25) is 0 Å². The van der Waals surface area contributed by atoms with Crippen LogP contribution in [-0.4, -0.2) is 0 Å². The van der Waals surface area contributed by atoms with Crippen LogP contribution >= 0.6 is 0 Å². The predicted octanol–water partition coefficient (Wildman–Crippen LogP) is 17.4. The predicted molar refractivity (Wildman–Crippen MR) is 267 cm³/mol. The van der Waals surface area contributed by atoms with Gasteiger partial charge in [-0.2, -0.15) is 0 Å². The molecule has 0 amide bonds. The minimum absolute atomic E-state index is 0.860. The molecule has 4 heteroatoms. The summed E-state index contributed by atoms with van der Waals surface area (Å²) in [7, 11) is 0. The van der Waals surface area contributed by atoms with E-state index in [1.807, 2.05) is 24.3 Å². The van der Waals surface area contributed by atoms with Crippen molar-refractivity contribution in [1.29, 1.82) is 0 Å². The van der Waals surface area contributed by atoms with Gasteiger partial charge in [0.15, 0.2) is 0 Å². The highest BCUT2D eigenvalue weighted by Gasteiger charge is 2.19. The molecule has 0 aliphatic carbocycles. The molecule has 0 unspecified atom stereocenters. The van der Waals surface area contributed by atoms with E-state index in [2.05, 4.69) is 228 Å². The van der Waals surface area contributed by atoms with Crippen LogP contribution < -0.4 is 9.80 Å². The molecule has 2 aromatic heterocycles. The Kier molecular flexibility index (Phi) is 9.12. The van der Waals surface area contributed by atoms with Crippen molar-refractivity contribution < 1.29 is 8.83 Å². The van der Waals surface area contributed by atoms with Crippen LogP contribution in [0.3, 0.4) is 0 Å². The summed E-state index contributed by atoms with van der Waals surface area (Å²) in [5, 5.41) is 4.45. The molecule has 0 N–H and O–H groups in total. The van der Waals surface area contributed by atoms with Crippen molar-refractivity contribution in [2.24, 2.45) is 0 Å². The van der Waals surface area contributed by atoms with Crippen LogP contribution in [0.2, 0.25) is 0 Å².